The molecular weight excluding hydrogens is 480 g/mol. The van der Waals surface area contributed by atoms with Crippen LogP contribution >= 0.6 is 0 Å². The van der Waals surface area contributed by atoms with Gasteiger partial charge in [0.1, 0.15) is 0 Å². The largest absolute Gasteiger partial charge is 0.509 e. The Morgan fingerprint density at radius 1 is 0.605 bits per heavy atom. The maximum atomic E-state index is 12.9. The molecule has 2 rings (SSSR count). The molecule has 0 heterocycles. The minimum absolute atomic E-state index is 0.285. The first kappa shape index (κ1) is 31.2. The van der Waals surface area contributed by atoms with Crippen LogP contribution in [-0.4, -0.2) is 25.5 Å². The average molecular weight is 527 g/mol. The molecule has 0 fully saturated rings. The first-order valence-electron chi connectivity index (χ1n) is 14.3. The lowest BCUT2D eigenvalue weighted by molar-refractivity contribution is -0.0635. The Bertz CT molecular complexity index is 825. The molecule has 0 spiro atoms. The fourth-order valence-electron chi connectivity index (χ4n) is 4.34. The van der Waals surface area contributed by atoms with E-state index >= 15 is 0 Å². The first-order chi connectivity index (χ1) is 18.5. The highest BCUT2D eigenvalue weighted by Gasteiger charge is 2.33. The minimum atomic E-state index is -0.906. The summed E-state index contributed by atoms with van der Waals surface area (Å²) in [5, 5.41) is 0. The molecule has 0 aliphatic heterocycles. The molecule has 0 bridgehead atoms. The molecule has 0 amide bonds. The van der Waals surface area contributed by atoms with Crippen LogP contribution in [0.25, 0.3) is 0 Å². The zero-order chi connectivity index (χ0) is 27.6. The van der Waals surface area contributed by atoms with Gasteiger partial charge < -0.3 is 18.9 Å². The minimum Gasteiger partial charge on any atom is -0.434 e. The number of carbonyl (C=O) groups is 2. The standard InChI is InChI=1S/C32H46O6/c1-5-9-17-25(7-3)23-35-31(33)37-29(27-19-13-11-14-20-27)30(28-21-15-12-16-22-28)38-32(34)36-24-26(8-4)18-10-6-2/h11-16,19-22,25-26,29-30H,5-10,17-18,23-24H2,1-4H3. The summed E-state index contributed by atoms with van der Waals surface area (Å²) in [5.41, 5.74) is 1.39. The van der Waals surface area contributed by atoms with Gasteiger partial charge in [0.05, 0.1) is 13.2 Å². The van der Waals surface area contributed by atoms with Crippen LogP contribution in [0.2, 0.25) is 0 Å². The van der Waals surface area contributed by atoms with Crippen molar-refractivity contribution in [3.63, 3.8) is 0 Å². The van der Waals surface area contributed by atoms with Crippen LogP contribution in [0, 0.1) is 11.8 Å². The number of unbranched alkanes of at least 4 members (excludes halogenated alkanes) is 2. The molecule has 0 saturated heterocycles. The van der Waals surface area contributed by atoms with Crippen molar-refractivity contribution >= 4 is 12.3 Å². The second-order valence-corrected chi connectivity index (χ2v) is 9.85. The van der Waals surface area contributed by atoms with Gasteiger partial charge in [-0.2, -0.15) is 0 Å². The zero-order valence-electron chi connectivity index (χ0n) is 23.6. The lowest BCUT2D eigenvalue weighted by atomic mass is 9.98. The van der Waals surface area contributed by atoms with Gasteiger partial charge in [0, 0.05) is 0 Å². The lowest BCUT2D eigenvalue weighted by Crippen LogP contribution is -2.25. The monoisotopic (exact) mass is 526 g/mol. The van der Waals surface area contributed by atoms with Gasteiger partial charge in [-0.05, 0) is 35.8 Å². The van der Waals surface area contributed by atoms with E-state index < -0.39 is 24.5 Å². The summed E-state index contributed by atoms with van der Waals surface area (Å²) in [6.07, 6.45) is 4.85. The van der Waals surface area contributed by atoms with E-state index in [1.54, 1.807) is 0 Å². The molecule has 0 saturated carbocycles. The first-order valence-corrected chi connectivity index (χ1v) is 14.3. The van der Waals surface area contributed by atoms with Crippen LogP contribution in [0.3, 0.4) is 0 Å². The van der Waals surface area contributed by atoms with Gasteiger partial charge in [-0.25, -0.2) is 9.59 Å². The molecule has 2 aromatic rings. The summed E-state index contributed by atoms with van der Waals surface area (Å²) in [6.45, 7) is 9.08. The summed E-state index contributed by atoms with van der Waals surface area (Å²) in [5.74, 6) is 0.570. The number of hydrogen-bond acceptors (Lipinski definition) is 6. The predicted octanol–water partition coefficient (Wildman–Crippen LogP) is 9.21. The number of benzene rings is 2. The van der Waals surface area contributed by atoms with Crippen LogP contribution in [-0.2, 0) is 18.9 Å². The molecular formula is C32H46O6. The number of hydrogen-bond donors (Lipinski definition) is 0. The van der Waals surface area contributed by atoms with E-state index in [2.05, 4.69) is 27.7 Å². The van der Waals surface area contributed by atoms with Crippen molar-refractivity contribution in [3.8, 4) is 0 Å². The van der Waals surface area contributed by atoms with Crippen LogP contribution < -0.4 is 0 Å². The molecule has 0 radical (unpaired) electrons. The summed E-state index contributed by atoms with van der Waals surface area (Å²) in [4.78, 5) is 25.8. The number of carbonyl (C=O) groups excluding carboxylic acids is 2. The average Bonchev–Trinajstić information content (AvgIpc) is 2.96. The highest BCUT2D eigenvalue weighted by Crippen LogP contribution is 2.36. The van der Waals surface area contributed by atoms with E-state index in [1.807, 2.05) is 60.7 Å². The Kier molecular flexibility index (Phi) is 15.0. The molecule has 4 atom stereocenters. The molecule has 0 aliphatic rings. The van der Waals surface area contributed by atoms with Crippen molar-refractivity contribution in [2.24, 2.45) is 11.8 Å². The highest BCUT2D eigenvalue weighted by atomic mass is 16.8. The van der Waals surface area contributed by atoms with Crippen molar-refractivity contribution in [2.45, 2.75) is 91.3 Å². The van der Waals surface area contributed by atoms with E-state index in [4.69, 9.17) is 18.9 Å². The summed E-state index contributed by atoms with van der Waals surface area (Å²) in [6, 6.07) is 18.6. The van der Waals surface area contributed by atoms with Crippen molar-refractivity contribution in [3.05, 3.63) is 71.8 Å². The summed E-state index contributed by atoms with van der Waals surface area (Å²) < 4.78 is 22.8. The quantitative estimate of drug-likeness (QED) is 0.191. The van der Waals surface area contributed by atoms with Gasteiger partial charge in [0.2, 0.25) is 0 Å². The summed E-state index contributed by atoms with van der Waals surface area (Å²) >= 11 is 0. The smallest absolute Gasteiger partial charge is 0.434 e. The van der Waals surface area contributed by atoms with Gasteiger partial charge in [0.25, 0.3) is 0 Å². The fraction of sp³-hybridized carbons (Fsp3) is 0.562. The zero-order valence-corrected chi connectivity index (χ0v) is 23.6. The van der Waals surface area contributed by atoms with Crippen molar-refractivity contribution in [2.75, 3.05) is 13.2 Å². The normalized spacial score (nSPS) is 14.1. The van der Waals surface area contributed by atoms with Gasteiger partial charge in [-0.1, -0.05) is 127 Å². The third-order valence-electron chi connectivity index (χ3n) is 6.94. The Morgan fingerprint density at radius 2 is 0.974 bits per heavy atom. The Labute approximate surface area is 229 Å². The van der Waals surface area contributed by atoms with E-state index in [0.717, 1.165) is 51.4 Å². The molecule has 210 valence electrons. The fourth-order valence-corrected chi connectivity index (χ4v) is 4.34. The third kappa shape index (κ3) is 11.2. The highest BCUT2D eigenvalue weighted by molar-refractivity contribution is 5.62. The van der Waals surface area contributed by atoms with Crippen molar-refractivity contribution < 1.29 is 28.5 Å². The van der Waals surface area contributed by atoms with Gasteiger partial charge >= 0.3 is 12.3 Å². The topological polar surface area (TPSA) is 71.1 Å². The molecule has 0 aromatic heterocycles. The van der Waals surface area contributed by atoms with Crippen LogP contribution in [0.1, 0.15) is 102 Å². The molecule has 4 unspecified atom stereocenters. The van der Waals surface area contributed by atoms with E-state index in [-0.39, 0.29) is 11.8 Å². The Hall–Kier alpha value is -3.02. The SMILES string of the molecule is CCCCC(CC)COC(=O)OC(c1ccccc1)C(OC(=O)OCC(CC)CCCC)c1ccccc1. The van der Waals surface area contributed by atoms with E-state index in [9.17, 15) is 9.59 Å². The lowest BCUT2D eigenvalue weighted by Gasteiger charge is -2.27. The van der Waals surface area contributed by atoms with Gasteiger partial charge in [-0.15, -0.1) is 0 Å². The molecule has 0 aliphatic carbocycles. The second kappa shape index (κ2) is 18.3. The molecule has 0 N–H and O–H groups in total. The number of ether oxygens (including phenoxy) is 4. The Balaban J connectivity index is 2.21. The maximum absolute atomic E-state index is 12.9. The predicted molar refractivity (Wildman–Crippen MR) is 150 cm³/mol. The third-order valence-corrected chi connectivity index (χ3v) is 6.94. The van der Waals surface area contributed by atoms with Gasteiger partial charge in [-0.3, -0.25) is 0 Å². The van der Waals surface area contributed by atoms with Crippen LogP contribution in [0.15, 0.2) is 60.7 Å². The van der Waals surface area contributed by atoms with Crippen molar-refractivity contribution in [1.29, 1.82) is 0 Å². The van der Waals surface area contributed by atoms with E-state index in [1.165, 1.54) is 0 Å². The maximum Gasteiger partial charge on any atom is 0.509 e. The second-order valence-electron chi connectivity index (χ2n) is 9.85. The summed E-state index contributed by atoms with van der Waals surface area (Å²) in [7, 11) is 0. The van der Waals surface area contributed by atoms with Gasteiger partial charge in [0.15, 0.2) is 12.2 Å². The van der Waals surface area contributed by atoms with Crippen molar-refractivity contribution in [1.82, 2.24) is 0 Å². The van der Waals surface area contributed by atoms with Crippen LogP contribution in [0.5, 0.6) is 0 Å². The molecule has 2 aromatic carbocycles. The Morgan fingerprint density at radius 3 is 1.29 bits per heavy atom. The van der Waals surface area contributed by atoms with Crippen LogP contribution in [0.4, 0.5) is 9.59 Å². The van der Waals surface area contributed by atoms with E-state index in [0.29, 0.717) is 24.3 Å². The number of rotatable bonds is 17. The molecule has 38 heavy (non-hydrogen) atoms. The molecule has 6 nitrogen and oxygen atoms in total. The molecule has 6 heteroatoms.